The number of nitrogens with zero attached hydrogens (tertiary/aromatic N) is 2. The van der Waals surface area contributed by atoms with Crippen molar-refractivity contribution in [3.8, 4) is 11.5 Å². The van der Waals surface area contributed by atoms with E-state index in [2.05, 4.69) is 17.0 Å². The minimum absolute atomic E-state index is 0.174. The Kier molecular flexibility index (Phi) is 7.94. The van der Waals surface area contributed by atoms with Crippen molar-refractivity contribution >= 4 is 5.91 Å². The Hall–Kier alpha value is -2.53. The Morgan fingerprint density at radius 2 is 1.72 bits per heavy atom. The molecule has 0 atom stereocenters. The maximum atomic E-state index is 13.2. The van der Waals surface area contributed by atoms with E-state index in [9.17, 15) is 4.79 Å². The van der Waals surface area contributed by atoms with Crippen LogP contribution in [0.4, 0.5) is 0 Å². The van der Waals surface area contributed by atoms with Gasteiger partial charge in [-0.3, -0.25) is 9.69 Å². The van der Waals surface area contributed by atoms with Gasteiger partial charge in [-0.25, -0.2) is 0 Å². The molecule has 0 unspecified atom stereocenters. The van der Waals surface area contributed by atoms with Crippen LogP contribution in [-0.2, 0) is 17.8 Å². The number of likely N-dealkylation sites (tertiary alicyclic amines) is 1. The SMILES string of the molecule is COc1cccc(CN(CCc2ccccc2)C(=O)CN2CCCCC2)c1OC. The maximum absolute atomic E-state index is 13.2. The third kappa shape index (κ3) is 5.97. The number of amides is 1. The molecule has 29 heavy (non-hydrogen) atoms. The molecule has 1 fully saturated rings. The highest BCUT2D eigenvalue weighted by atomic mass is 16.5. The van der Waals surface area contributed by atoms with Crippen LogP contribution < -0.4 is 9.47 Å². The summed E-state index contributed by atoms with van der Waals surface area (Å²) in [6.45, 7) is 3.71. The lowest BCUT2D eigenvalue weighted by molar-refractivity contribution is -0.133. The number of ether oxygens (including phenoxy) is 2. The van der Waals surface area contributed by atoms with Crippen LogP contribution in [0.15, 0.2) is 48.5 Å². The van der Waals surface area contributed by atoms with Gasteiger partial charge in [-0.2, -0.15) is 0 Å². The molecule has 0 N–H and O–H groups in total. The number of carbonyl (C=O) groups excluding carboxylic acids is 1. The standard InChI is InChI=1S/C24H32N2O3/c1-28-22-13-9-12-21(24(22)29-2)18-26(17-14-20-10-5-3-6-11-20)23(27)19-25-15-7-4-8-16-25/h3,5-6,9-13H,4,7-8,14-19H2,1-2H3. The second kappa shape index (κ2) is 10.9. The van der Waals surface area contributed by atoms with E-state index in [-0.39, 0.29) is 5.91 Å². The van der Waals surface area contributed by atoms with Crippen LogP contribution in [0.2, 0.25) is 0 Å². The molecule has 5 nitrogen and oxygen atoms in total. The van der Waals surface area contributed by atoms with Gasteiger partial charge in [0, 0.05) is 18.7 Å². The molecular weight excluding hydrogens is 364 g/mol. The predicted octanol–water partition coefficient (Wildman–Crippen LogP) is 3.76. The summed E-state index contributed by atoms with van der Waals surface area (Å²) < 4.78 is 11.0. The topological polar surface area (TPSA) is 42.0 Å². The van der Waals surface area contributed by atoms with E-state index in [1.54, 1.807) is 14.2 Å². The second-order valence-corrected chi connectivity index (χ2v) is 7.54. The molecule has 1 aliphatic heterocycles. The Balaban J connectivity index is 1.75. The monoisotopic (exact) mass is 396 g/mol. The molecule has 3 rings (SSSR count). The lowest BCUT2D eigenvalue weighted by atomic mass is 10.1. The molecule has 0 aromatic heterocycles. The molecule has 0 aliphatic carbocycles. The molecule has 156 valence electrons. The zero-order valence-corrected chi connectivity index (χ0v) is 17.6. The highest BCUT2D eigenvalue weighted by Gasteiger charge is 2.21. The van der Waals surface area contributed by atoms with E-state index >= 15 is 0 Å². The molecule has 0 radical (unpaired) electrons. The first-order chi connectivity index (χ1) is 14.2. The van der Waals surface area contributed by atoms with E-state index < -0.39 is 0 Å². The van der Waals surface area contributed by atoms with E-state index in [0.717, 1.165) is 25.1 Å². The zero-order chi connectivity index (χ0) is 20.5. The van der Waals surface area contributed by atoms with Crippen molar-refractivity contribution in [1.29, 1.82) is 0 Å². The van der Waals surface area contributed by atoms with E-state index in [1.165, 1.54) is 24.8 Å². The number of piperidine rings is 1. The largest absolute Gasteiger partial charge is 0.493 e. The summed E-state index contributed by atoms with van der Waals surface area (Å²) >= 11 is 0. The molecule has 1 saturated heterocycles. The van der Waals surface area contributed by atoms with E-state index in [0.29, 0.717) is 31.1 Å². The average Bonchev–Trinajstić information content (AvgIpc) is 2.77. The van der Waals surface area contributed by atoms with Gasteiger partial charge in [0.25, 0.3) is 0 Å². The number of para-hydroxylation sites is 1. The Morgan fingerprint density at radius 1 is 0.966 bits per heavy atom. The molecule has 1 aliphatic rings. The molecular formula is C24H32N2O3. The van der Waals surface area contributed by atoms with Gasteiger partial charge in [0.15, 0.2) is 11.5 Å². The van der Waals surface area contributed by atoms with Crippen LogP contribution in [-0.4, -0.2) is 56.1 Å². The summed E-state index contributed by atoms with van der Waals surface area (Å²) in [6.07, 6.45) is 4.46. The quantitative estimate of drug-likeness (QED) is 0.647. The number of methoxy groups -OCH3 is 2. The third-order valence-corrected chi connectivity index (χ3v) is 5.52. The van der Waals surface area contributed by atoms with Crippen molar-refractivity contribution in [2.75, 3.05) is 40.4 Å². The van der Waals surface area contributed by atoms with Crippen molar-refractivity contribution in [3.05, 3.63) is 59.7 Å². The summed E-state index contributed by atoms with van der Waals surface area (Å²) in [4.78, 5) is 17.4. The van der Waals surface area contributed by atoms with Crippen LogP contribution >= 0.6 is 0 Å². The van der Waals surface area contributed by atoms with Crippen molar-refractivity contribution in [2.24, 2.45) is 0 Å². The van der Waals surface area contributed by atoms with Crippen molar-refractivity contribution in [3.63, 3.8) is 0 Å². The van der Waals surface area contributed by atoms with Crippen LogP contribution in [0, 0.1) is 0 Å². The Morgan fingerprint density at radius 3 is 2.41 bits per heavy atom. The maximum Gasteiger partial charge on any atom is 0.237 e. The summed E-state index contributed by atoms with van der Waals surface area (Å²) in [7, 11) is 3.28. The Bertz CT molecular complexity index is 773. The fourth-order valence-electron chi connectivity index (χ4n) is 3.89. The van der Waals surface area contributed by atoms with Gasteiger partial charge in [-0.15, -0.1) is 0 Å². The third-order valence-electron chi connectivity index (χ3n) is 5.52. The lowest BCUT2D eigenvalue weighted by Crippen LogP contribution is -2.42. The van der Waals surface area contributed by atoms with Gasteiger partial charge < -0.3 is 14.4 Å². The smallest absolute Gasteiger partial charge is 0.237 e. The summed E-state index contributed by atoms with van der Waals surface area (Å²) in [6, 6.07) is 16.2. The minimum atomic E-state index is 0.174. The molecule has 0 bridgehead atoms. The predicted molar refractivity (Wildman–Crippen MR) is 115 cm³/mol. The van der Waals surface area contributed by atoms with Crippen molar-refractivity contribution < 1.29 is 14.3 Å². The fraction of sp³-hybridized carbons (Fsp3) is 0.458. The molecule has 2 aromatic carbocycles. The first-order valence-corrected chi connectivity index (χ1v) is 10.4. The average molecular weight is 397 g/mol. The van der Waals surface area contributed by atoms with Gasteiger partial charge in [0.2, 0.25) is 5.91 Å². The van der Waals surface area contributed by atoms with Crippen LogP contribution in [0.25, 0.3) is 0 Å². The van der Waals surface area contributed by atoms with Gasteiger partial charge >= 0.3 is 0 Å². The highest BCUT2D eigenvalue weighted by Crippen LogP contribution is 2.31. The Labute approximate surface area is 174 Å². The number of carbonyl (C=O) groups is 1. The van der Waals surface area contributed by atoms with Gasteiger partial charge in [0.1, 0.15) is 0 Å². The zero-order valence-electron chi connectivity index (χ0n) is 17.6. The summed E-state index contributed by atoms with van der Waals surface area (Å²) in [5, 5.41) is 0. The number of hydrogen-bond donors (Lipinski definition) is 0. The first kappa shape index (κ1) is 21.2. The molecule has 1 heterocycles. The van der Waals surface area contributed by atoms with E-state index in [1.807, 2.05) is 41.3 Å². The van der Waals surface area contributed by atoms with Gasteiger partial charge in [-0.1, -0.05) is 48.9 Å². The number of benzene rings is 2. The molecule has 5 heteroatoms. The highest BCUT2D eigenvalue weighted by molar-refractivity contribution is 5.78. The first-order valence-electron chi connectivity index (χ1n) is 10.4. The summed E-state index contributed by atoms with van der Waals surface area (Å²) in [5.41, 5.74) is 2.20. The van der Waals surface area contributed by atoms with Gasteiger partial charge in [-0.05, 0) is 44.0 Å². The van der Waals surface area contributed by atoms with Crippen LogP contribution in [0.5, 0.6) is 11.5 Å². The van der Waals surface area contributed by atoms with Crippen molar-refractivity contribution in [2.45, 2.75) is 32.2 Å². The molecule has 2 aromatic rings. The molecule has 1 amide bonds. The van der Waals surface area contributed by atoms with Gasteiger partial charge in [0.05, 0.1) is 20.8 Å². The second-order valence-electron chi connectivity index (χ2n) is 7.54. The fourth-order valence-corrected chi connectivity index (χ4v) is 3.89. The lowest BCUT2D eigenvalue weighted by Gasteiger charge is -2.30. The van der Waals surface area contributed by atoms with E-state index in [4.69, 9.17) is 9.47 Å². The molecule has 0 spiro atoms. The summed E-state index contributed by atoms with van der Waals surface area (Å²) in [5.74, 6) is 1.56. The van der Waals surface area contributed by atoms with Crippen LogP contribution in [0.1, 0.15) is 30.4 Å². The number of rotatable bonds is 9. The minimum Gasteiger partial charge on any atom is -0.493 e. The number of hydrogen-bond acceptors (Lipinski definition) is 4. The van der Waals surface area contributed by atoms with Crippen molar-refractivity contribution in [1.82, 2.24) is 9.80 Å². The van der Waals surface area contributed by atoms with Crippen LogP contribution in [0.3, 0.4) is 0 Å². The normalized spacial score (nSPS) is 14.4. The molecule has 0 saturated carbocycles.